The molecule has 4 heteroatoms. The molecule has 2 N–H and O–H groups in total. The maximum Gasteiger partial charge on any atom is 0.123 e. The fourth-order valence-corrected chi connectivity index (χ4v) is 2.79. The molecule has 0 aromatic heterocycles. The summed E-state index contributed by atoms with van der Waals surface area (Å²) < 4.78 is 5.39. The van der Waals surface area contributed by atoms with E-state index in [1.165, 1.54) is 12.8 Å². The first-order valence-corrected chi connectivity index (χ1v) is 6.85. The second-order valence-corrected chi connectivity index (χ2v) is 5.37. The number of ether oxygens (including phenoxy) is 1. The van der Waals surface area contributed by atoms with Crippen LogP contribution in [0.1, 0.15) is 18.4 Å². The monoisotopic (exact) mass is 268 g/mol. The second kappa shape index (κ2) is 6.41. The summed E-state index contributed by atoms with van der Waals surface area (Å²) in [7, 11) is 1.70. The zero-order chi connectivity index (χ0) is 13.0. The molecule has 1 unspecified atom stereocenters. The van der Waals surface area contributed by atoms with E-state index in [0.717, 1.165) is 42.5 Å². The minimum Gasteiger partial charge on any atom is -0.496 e. The molecule has 1 atom stereocenters. The van der Waals surface area contributed by atoms with Crippen molar-refractivity contribution in [2.24, 2.45) is 11.7 Å². The van der Waals surface area contributed by atoms with Crippen LogP contribution >= 0.6 is 11.6 Å². The highest BCUT2D eigenvalue weighted by molar-refractivity contribution is 6.30. The predicted molar refractivity (Wildman–Crippen MR) is 75.1 cm³/mol. The van der Waals surface area contributed by atoms with Crippen molar-refractivity contribution in [1.29, 1.82) is 0 Å². The molecular formula is C14H21ClN2O. The number of benzene rings is 1. The SMILES string of the molecule is COc1ccc(Cl)cc1CN1CCCC(CN)C1. The fraction of sp³-hybridized carbons (Fsp3) is 0.571. The zero-order valence-electron chi connectivity index (χ0n) is 10.9. The third-order valence-corrected chi connectivity index (χ3v) is 3.81. The van der Waals surface area contributed by atoms with E-state index in [9.17, 15) is 0 Å². The van der Waals surface area contributed by atoms with Gasteiger partial charge in [-0.15, -0.1) is 0 Å². The first-order valence-electron chi connectivity index (χ1n) is 6.47. The minimum absolute atomic E-state index is 0.629. The molecule has 0 bridgehead atoms. The van der Waals surface area contributed by atoms with E-state index in [4.69, 9.17) is 22.1 Å². The highest BCUT2D eigenvalue weighted by Gasteiger charge is 2.19. The van der Waals surface area contributed by atoms with Gasteiger partial charge in [0.05, 0.1) is 7.11 Å². The highest BCUT2D eigenvalue weighted by atomic mass is 35.5. The Morgan fingerprint density at radius 3 is 3.06 bits per heavy atom. The average Bonchev–Trinajstić information content (AvgIpc) is 2.39. The summed E-state index contributed by atoms with van der Waals surface area (Å²) in [5, 5.41) is 0.762. The van der Waals surface area contributed by atoms with E-state index in [1.807, 2.05) is 18.2 Å². The molecule has 0 radical (unpaired) electrons. The van der Waals surface area contributed by atoms with Gasteiger partial charge in [0.15, 0.2) is 0 Å². The van der Waals surface area contributed by atoms with Crippen LogP contribution in [-0.4, -0.2) is 31.6 Å². The summed E-state index contributed by atoms with van der Waals surface area (Å²) in [6, 6.07) is 5.79. The highest BCUT2D eigenvalue weighted by Crippen LogP contribution is 2.26. The maximum atomic E-state index is 6.05. The average molecular weight is 269 g/mol. The number of hydrogen-bond acceptors (Lipinski definition) is 3. The molecule has 0 amide bonds. The summed E-state index contributed by atoms with van der Waals surface area (Å²) in [5.41, 5.74) is 6.92. The summed E-state index contributed by atoms with van der Waals surface area (Å²) in [5.74, 6) is 1.54. The van der Waals surface area contributed by atoms with E-state index >= 15 is 0 Å². The quantitative estimate of drug-likeness (QED) is 0.912. The van der Waals surface area contributed by atoms with Crippen LogP contribution in [-0.2, 0) is 6.54 Å². The number of halogens is 1. The molecule has 1 saturated heterocycles. The molecular weight excluding hydrogens is 248 g/mol. The summed E-state index contributed by atoms with van der Waals surface area (Å²) >= 11 is 6.05. The number of nitrogens with two attached hydrogens (primary N) is 1. The molecule has 1 aliphatic heterocycles. The molecule has 1 aliphatic rings. The van der Waals surface area contributed by atoms with Crippen LogP contribution in [0.4, 0.5) is 0 Å². The van der Waals surface area contributed by atoms with Crippen molar-refractivity contribution in [3.05, 3.63) is 28.8 Å². The number of nitrogens with zero attached hydrogens (tertiary/aromatic N) is 1. The van der Waals surface area contributed by atoms with Crippen molar-refractivity contribution in [3.8, 4) is 5.75 Å². The van der Waals surface area contributed by atoms with Gasteiger partial charge in [-0.3, -0.25) is 4.90 Å². The van der Waals surface area contributed by atoms with E-state index in [-0.39, 0.29) is 0 Å². The van der Waals surface area contributed by atoms with Gasteiger partial charge in [-0.2, -0.15) is 0 Å². The molecule has 0 saturated carbocycles. The zero-order valence-corrected chi connectivity index (χ0v) is 11.6. The van der Waals surface area contributed by atoms with Gasteiger partial charge in [-0.25, -0.2) is 0 Å². The Balaban J connectivity index is 2.06. The Kier molecular flexibility index (Phi) is 4.87. The molecule has 2 rings (SSSR count). The fourth-order valence-electron chi connectivity index (χ4n) is 2.60. The summed E-state index contributed by atoms with van der Waals surface area (Å²) in [6.45, 7) is 3.88. The first kappa shape index (κ1) is 13.7. The third-order valence-electron chi connectivity index (χ3n) is 3.57. The smallest absolute Gasteiger partial charge is 0.123 e. The number of likely N-dealkylation sites (tertiary alicyclic amines) is 1. The van der Waals surface area contributed by atoms with Crippen LogP contribution in [0.5, 0.6) is 5.75 Å². The number of hydrogen-bond donors (Lipinski definition) is 1. The van der Waals surface area contributed by atoms with Gasteiger partial charge >= 0.3 is 0 Å². The molecule has 1 aromatic rings. The normalized spacial score (nSPS) is 20.9. The molecule has 100 valence electrons. The van der Waals surface area contributed by atoms with E-state index in [2.05, 4.69) is 4.90 Å². The van der Waals surface area contributed by atoms with Gasteiger partial charge in [0.2, 0.25) is 0 Å². The summed E-state index contributed by atoms with van der Waals surface area (Å²) in [6.07, 6.45) is 2.48. The van der Waals surface area contributed by atoms with Gasteiger partial charge in [0, 0.05) is 23.7 Å². The topological polar surface area (TPSA) is 38.5 Å². The molecule has 0 aliphatic carbocycles. The largest absolute Gasteiger partial charge is 0.496 e. The number of piperidine rings is 1. The Hall–Kier alpha value is -0.770. The van der Waals surface area contributed by atoms with Crippen molar-refractivity contribution in [2.75, 3.05) is 26.7 Å². The van der Waals surface area contributed by atoms with Crippen molar-refractivity contribution in [3.63, 3.8) is 0 Å². The van der Waals surface area contributed by atoms with Crippen LogP contribution in [0.2, 0.25) is 5.02 Å². The van der Waals surface area contributed by atoms with Crippen molar-refractivity contribution in [1.82, 2.24) is 4.90 Å². The van der Waals surface area contributed by atoms with Crippen LogP contribution in [0.15, 0.2) is 18.2 Å². The predicted octanol–water partition coefficient (Wildman–Crippen LogP) is 2.52. The number of rotatable bonds is 4. The third kappa shape index (κ3) is 3.37. The van der Waals surface area contributed by atoms with E-state index in [1.54, 1.807) is 7.11 Å². The molecule has 1 heterocycles. The maximum absolute atomic E-state index is 6.05. The number of methoxy groups -OCH3 is 1. The molecule has 18 heavy (non-hydrogen) atoms. The molecule has 1 aromatic carbocycles. The van der Waals surface area contributed by atoms with Crippen LogP contribution in [0.3, 0.4) is 0 Å². The lowest BCUT2D eigenvalue weighted by Gasteiger charge is -2.32. The van der Waals surface area contributed by atoms with Gasteiger partial charge in [0.25, 0.3) is 0 Å². The first-order chi connectivity index (χ1) is 8.72. The Labute approximate surface area is 114 Å². The lowest BCUT2D eigenvalue weighted by atomic mass is 9.98. The standard InChI is InChI=1S/C14H21ClN2O/c1-18-14-5-4-13(15)7-12(14)10-17-6-2-3-11(8-16)9-17/h4-5,7,11H,2-3,6,8-10,16H2,1H3. The van der Waals surface area contributed by atoms with Gasteiger partial charge in [0.1, 0.15) is 5.75 Å². The summed E-state index contributed by atoms with van der Waals surface area (Å²) in [4.78, 5) is 2.44. The Morgan fingerprint density at radius 2 is 2.33 bits per heavy atom. The van der Waals surface area contributed by atoms with Crippen LogP contribution in [0.25, 0.3) is 0 Å². The van der Waals surface area contributed by atoms with Gasteiger partial charge < -0.3 is 10.5 Å². The van der Waals surface area contributed by atoms with Crippen molar-refractivity contribution >= 4 is 11.6 Å². The van der Waals surface area contributed by atoms with Crippen LogP contribution in [0, 0.1) is 5.92 Å². The molecule has 0 spiro atoms. The van der Waals surface area contributed by atoms with Gasteiger partial charge in [-0.1, -0.05) is 11.6 Å². The van der Waals surface area contributed by atoms with Crippen molar-refractivity contribution < 1.29 is 4.74 Å². The molecule has 1 fully saturated rings. The second-order valence-electron chi connectivity index (χ2n) is 4.94. The van der Waals surface area contributed by atoms with E-state index in [0.29, 0.717) is 5.92 Å². The Morgan fingerprint density at radius 1 is 1.50 bits per heavy atom. The Bertz CT molecular complexity index is 397. The van der Waals surface area contributed by atoms with E-state index < -0.39 is 0 Å². The molecule has 3 nitrogen and oxygen atoms in total. The van der Waals surface area contributed by atoms with Crippen LogP contribution < -0.4 is 10.5 Å². The lowest BCUT2D eigenvalue weighted by Crippen LogP contribution is -2.37. The minimum atomic E-state index is 0.629. The lowest BCUT2D eigenvalue weighted by molar-refractivity contribution is 0.169. The van der Waals surface area contributed by atoms with Crippen molar-refractivity contribution in [2.45, 2.75) is 19.4 Å². The van der Waals surface area contributed by atoms with Gasteiger partial charge in [-0.05, 0) is 50.0 Å².